The van der Waals surface area contributed by atoms with E-state index in [-0.39, 0.29) is 37.0 Å². The topological polar surface area (TPSA) is 93.7 Å². The van der Waals surface area contributed by atoms with Crippen molar-refractivity contribution in [1.82, 2.24) is 10.6 Å². The van der Waals surface area contributed by atoms with Crippen molar-refractivity contribution in [2.24, 2.45) is 5.92 Å². The van der Waals surface area contributed by atoms with E-state index < -0.39 is 35.9 Å². The monoisotopic (exact) mass is 474 g/mol. The van der Waals surface area contributed by atoms with Gasteiger partial charge in [0.1, 0.15) is 5.75 Å². The summed E-state index contributed by atoms with van der Waals surface area (Å²) in [7, 11) is 0. The van der Waals surface area contributed by atoms with Crippen molar-refractivity contribution >= 4 is 29.2 Å². The van der Waals surface area contributed by atoms with Crippen LogP contribution in [0.5, 0.6) is 5.75 Å². The first-order valence-corrected chi connectivity index (χ1v) is 10.6. The van der Waals surface area contributed by atoms with Crippen LogP contribution in [0.4, 0.5) is 13.2 Å². The van der Waals surface area contributed by atoms with Gasteiger partial charge in [-0.25, -0.2) is 0 Å². The highest BCUT2D eigenvalue weighted by Gasteiger charge is 2.47. The second kappa shape index (κ2) is 8.22. The highest BCUT2D eigenvalue weighted by Crippen LogP contribution is 2.37. The number of ketones is 1. The van der Waals surface area contributed by atoms with Crippen LogP contribution in [-0.4, -0.2) is 47.7 Å². The molecule has 0 unspecified atom stereocenters. The molecule has 2 fully saturated rings. The molecule has 1 aromatic carbocycles. The van der Waals surface area contributed by atoms with E-state index in [4.69, 9.17) is 16.3 Å². The minimum atomic E-state index is -4.69. The van der Waals surface area contributed by atoms with Crippen LogP contribution in [0.15, 0.2) is 18.2 Å². The van der Waals surface area contributed by atoms with Crippen LogP contribution in [0.2, 0.25) is 5.02 Å². The molecule has 2 aliphatic carbocycles. The second-order valence-corrected chi connectivity index (χ2v) is 9.33. The molecular formula is C21H22ClF3N2O5. The number of hydrogen-bond donors (Lipinski definition) is 2. The number of carbonyl (C=O) groups is 3. The molecule has 2 amide bonds. The molecule has 32 heavy (non-hydrogen) atoms. The maximum atomic E-state index is 12.7. The number of nitrogens with one attached hydrogen (secondary N) is 2. The number of alkyl halides is 3. The maximum absolute atomic E-state index is 12.7. The Labute approximate surface area is 186 Å². The molecule has 0 bridgehead atoms. The van der Waals surface area contributed by atoms with Gasteiger partial charge in [0.2, 0.25) is 5.91 Å². The Morgan fingerprint density at radius 3 is 2.56 bits per heavy atom. The third-order valence-corrected chi connectivity index (χ3v) is 6.34. The standard InChI is InChI=1S/C21H22ClF3N2O5/c1-20(8-12(9-20)26-18(29)10-4-13(5-10)32-21(23,24)25)27-19(30)17-7-15(28)14-6-11(22)2-3-16(14)31-17/h2-3,6,10,12-13,17H,4-5,7-9H2,1H3,(H,26,29)(H,27,30)/t10?,12?,13?,17-,20?/m1/s1. The Morgan fingerprint density at radius 1 is 1.22 bits per heavy atom. The molecular weight excluding hydrogens is 453 g/mol. The van der Waals surface area contributed by atoms with Crippen LogP contribution in [0.25, 0.3) is 0 Å². The lowest BCUT2D eigenvalue weighted by atomic mass is 9.73. The molecule has 0 aromatic heterocycles. The van der Waals surface area contributed by atoms with E-state index in [1.54, 1.807) is 12.1 Å². The van der Waals surface area contributed by atoms with Crippen molar-refractivity contribution in [2.45, 2.75) is 69.2 Å². The fourth-order valence-corrected chi connectivity index (χ4v) is 4.61. The quantitative estimate of drug-likeness (QED) is 0.684. The zero-order chi connectivity index (χ0) is 23.3. The highest BCUT2D eigenvalue weighted by molar-refractivity contribution is 6.31. The Hall–Kier alpha value is -2.33. The minimum Gasteiger partial charge on any atom is -0.479 e. The van der Waals surface area contributed by atoms with Gasteiger partial charge in [-0.3, -0.25) is 19.1 Å². The van der Waals surface area contributed by atoms with Crippen molar-refractivity contribution < 1.29 is 37.0 Å². The van der Waals surface area contributed by atoms with Crippen molar-refractivity contribution in [3.05, 3.63) is 28.8 Å². The molecule has 1 heterocycles. The van der Waals surface area contributed by atoms with E-state index in [0.717, 1.165) is 0 Å². The Kier molecular flexibility index (Phi) is 5.87. The van der Waals surface area contributed by atoms with Crippen molar-refractivity contribution in [1.29, 1.82) is 0 Å². The zero-order valence-corrected chi connectivity index (χ0v) is 17.9. The van der Waals surface area contributed by atoms with E-state index in [2.05, 4.69) is 15.4 Å². The first-order chi connectivity index (χ1) is 14.9. The normalized spacial score (nSPS) is 31.5. The fraction of sp³-hybridized carbons (Fsp3) is 0.571. The van der Waals surface area contributed by atoms with Gasteiger partial charge in [-0.1, -0.05) is 11.6 Å². The number of benzene rings is 1. The lowest BCUT2D eigenvalue weighted by Crippen LogP contribution is -2.64. The van der Waals surface area contributed by atoms with Gasteiger partial charge in [0, 0.05) is 22.5 Å². The summed E-state index contributed by atoms with van der Waals surface area (Å²) in [4.78, 5) is 37.2. The molecule has 1 atom stereocenters. The van der Waals surface area contributed by atoms with Gasteiger partial charge in [0.05, 0.1) is 18.1 Å². The number of rotatable bonds is 5. The van der Waals surface area contributed by atoms with E-state index in [1.807, 2.05) is 6.92 Å². The summed E-state index contributed by atoms with van der Waals surface area (Å²) >= 11 is 5.90. The smallest absolute Gasteiger partial charge is 0.479 e. The Morgan fingerprint density at radius 2 is 1.91 bits per heavy atom. The summed E-state index contributed by atoms with van der Waals surface area (Å²) in [5, 5.41) is 6.10. The van der Waals surface area contributed by atoms with Gasteiger partial charge in [0.25, 0.3) is 5.91 Å². The summed E-state index contributed by atoms with van der Waals surface area (Å²) in [6.45, 7) is 1.82. The number of hydrogen-bond acceptors (Lipinski definition) is 5. The number of amides is 2. The van der Waals surface area contributed by atoms with Gasteiger partial charge in [-0.05, 0) is 50.8 Å². The minimum absolute atomic E-state index is 0.0335. The Balaban J connectivity index is 1.22. The van der Waals surface area contributed by atoms with Crippen LogP contribution in [-0.2, 0) is 14.3 Å². The third kappa shape index (κ3) is 5.01. The van der Waals surface area contributed by atoms with Gasteiger partial charge in [0.15, 0.2) is 11.9 Å². The summed E-state index contributed by atoms with van der Waals surface area (Å²) in [6.07, 6.45) is -5.73. The lowest BCUT2D eigenvalue weighted by molar-refractivity contribution is -0.353. The average molecular weight is 475 g/mol. The molecule has 1 aliphatic heterocycles. The molecule has 4 rings (SSSR count). The first kappa shape index (κ1) is 22.8. The maximum Gasteiger partial charge on any atom is 0.522 e. The first-order valence-electron chi connectivity index (χ1n) is 10.3. The van der Waals surface area contributed by atoms with Gasteiger partial charge in [-0.15, -0.1) is 13.2 Å². The average Bonchev–Trinajstić information content (AvgIpc) is 2.62. The number of ether oxygens (including phenoxy) is 2. The molecule has 174 valence electrons. The van der Waals surface area contributed by atoms with Gasteiger partial charge in [-0.2, -0.15) is 0 Å². The van der Waals surface area contributed by atoms with Crippen LogP contribution >= 0.6 is 11.6 Å². The lowest BCUT2D eigenvalue weighted by Gasteiger charge is -2.47. The SMILES string of the molecule is CC1(NC(=O)[C@H]2CC(=O)c3cc(Cl)ccc3O2)CC(NC(=O)C2CC(OC(F)(F)F)C2)C1. The number of carbonyl (C=O) groups excluding carboxylic acids is 3. The van der Waals surface area contributed by atoms with Crippen LogP contribution in [0.1, 0.15) is 49.4 Å². The summed E-state index contributed by atoms with van der Waals surface area (Å²) in [6, 6.07) is 4.45. The van der Waals surface area contributed by atoms with E-state index in [0.29, 0.717) is 29.2 Å². The molecule has 11 heteroatoms. The number of halogens is 4. The highest BCUT2D eigenvalue weighted by atomic mass is 35.5. The predicted molar refractivity (Wildman–Crippen MR) is 106 cm³/mol. The molecule has 2 saturated carbocycles. The summed E-state index contributed by atoms with van der Waals surface area (Å²) in [5.74, 6) is -1.15. The van der Waals surface area contributed by atoms with Crippen molar-refractivity contribution in [3.63, 3.8) is 0 Å². The number of fused-ring (bicyclic) bond motifs is 1. The third-order valence-electron chi connectivity index (χ3n) is 6.11. The fourth-order valence-electron chi connectivity index (χ4n) is 4.44. The van der Waals surface area contributed by atoms with Crippen molar-refractivity contribution in [3.8, 4) is 5.75 Å². The van der Waals surface area contributed by atoms with E-state index in [1.165, 1.54) is 6.07 Å². The number of Topliss-reactive ketones (excluding diaryl/α,β-unsaturated/α-hetero) is 1. The molecule has 3 aliphatic rings. The molecule has 2 N–H and O–H groups in total. The van der Waals surface area contributed by atoms with Crippen LogP contribution < -0.4 is 15.4 Å². The molecule has 1 aromatic rings. The predicted octanol–water partition coefficient (Wildman–Crippen LogP) is 3.14. The van der Waals surface area contributed by atoms with E-state index >= 15 is 0 Å². The largest absolute Gasteiger partial charge is 0.522 e. The molecule has 0 spiro atoms. The molecule has 0 saturated heterocycles. The molecule has 7 nitrogen and oxygen atoms in total. The van der Waals surface area contributed by atoms with Crippen molar-refractivity contribution in [2.75, 3.05) is 0 Å². The van der Waals surface area contributed by atoms with E-state index in [9.17, 15) is 27.6 Å². The van der Waals surface area contributed by atoms with Crippen LogP contribution in [0.3, 0.4) is 0 Å². The zero-order valence-electron chi connectivity index (χ0n) is 17.1. The van der Waals surface area contributed by atoms with Crippen LogP contribution in [0, 0.1) is 5.92 Å². The summed E-state index contributed by atoms with van der Waals surface area (Å²) in [5.41, 5.74) is -0.235. The Bertz CT molecular complexity index is 942. The van der Waals surface area contributed by atoms with Gasteiger partial charge >= 0.3 is 6.36 Å². The second-order valence-electron chi connectivity index (χ2n) is 8.89. The molecule has 0 radical (unpaired) electrons. The summed E-state index contributed by atoms with van der Waals surface area (Å²) < 4.78 is 46.1. The van der Waals surface area contributed by atoms with Gasteiger partial charge < -0.3 is 15.4 Å².